The minimum absolute atomic E-state index is 0.250. The fraction of sp³-hybridized carbons (Fsp3) is 0.556. The van der Waals surface area contributed by atoms with Crippen LogP contribution in [0.5, 0.6) is 0 Å². The molecule has 0 aliphatic heterocycles. The quantitative estimate of drug-likeness (QED) is 0.553. The Labute approximate surface area is 110 Å². The van der Waals surface area contributed by atoms with E-state index in [2.05, 4.69) is 15.0 Å². The molecule has 0 aliphatic rings. The van der Waals surface area contributed by atoms with Crippen LogP contribution in [-0.2, 0) is 14.8 Å². The van der Waals surface area contributed by atoms with E-state index in [0.717, 1.165) is 6.26 Å². The third-order valence-electron chi connectivity index (χ3n) is 1.75. The molecule has 2 N–H and O–H groups in total. The molecule has 0 saturated heterocycles. The van der Waals surface area contributed by atoms with Crippen molar-refractivity contribution in [2.75, 3.05) is 31.3 Å². The van der Waals surface area contributed by atoms with Crippen molar-refractivity contribution in [2.45, 2.75) is 6.92 Å². The van der Waals surface area contributed by atoms with E-state index in [9.17, 15) is 13.2 Å². The van der Waals surface area contributed by atoms with Crippen LogP contribution in [-0.4, -0.2) is 45.3 Å². The smallest absolute Gasteiger partial charge is 0.357 e. The molecule has 1 rings (SSSR count). The van der Waals surface area contributed by atoms with E-state index in [1.54, 1.807) is 12.3 Å². The number of anilines is 1. The Hall–Kier alpha value is -1.19. The molecular formula is C9H15N3O4S2. The third kappa shape index (κ3) is 5.43. The normalized spacial score (nSPS) is 11.2. The summed E-state index contributed by atoms with van der Waals surface area (Å²) in [4.78, 5) is 15.3. The number of sulfonamides is 1. The largest absolute Gasteiger partial charge is 0.461 e. The van der Waals surface area contributed by atoms with E-state index < -0.39 is 16.0 Å². The number of aromatic nitrogens is 1. The number of carbonyl (C=O) groups excluding carboxylic acids is 1. The first-order valence-electron chi connectivity index (χ1n) is 5.23. The standard InChI is InChI=1S/C9H15N3O4S2/c1-3-16-8(13)7-6-17-9(12-7)10-4-5-11-18(2,14)15/h6,11H,3-5H2,1-2H3,(H,10,12). The molecule has 1 aromatic rings. The van der Waals surface area contributed by atoms with Crippen LogP contribution < -0.4 is 10.0 Å². The lowest BCUT2D eigenvalue weighted by Crippen LogP contribution is -2.27. The van der Waals surface area contributed by atoms with Crippen molar-refractivity contribution in [2.24, 2.45) is 0 Å². The predicted molar refractivity (Wildman–Crippen MR) is 69.4 cm³/mol. The van der Waals surface area contributed by atoms with Gasteiger partial charge in [-0.3, -0.25) is 0 Å². The number of ether oxygens (including phenoxy) is 1. The summed E-state index contributed by atoms with van der Waals surface area (Å²) in [5.41, 5.74) is 0.250. The zero-order valence-corrected chi connectivity index (χ0v) is 11.7. The van der Waals surface area contributed by atoms with Crippen LogP contribution in [0.15, 0.2) is 5.38 Å². The van der Waals surface area contributed by atoms with Gasteiger partial charge in [0.2, 0.25) is 10.0 Å². The van der Waals surface area contributed by atoms with Gasteiger partial charge in [-0.15, -0.1) is 11.3 Å². The van der Waals surface area contributed by atoms with Crippen LogP contribution in [0.25, 0.3) is 0 Å². The number of carbonyl (C=O) groups is 1. The molecule has 0 saturated carbocycles. The number of hydrogen-bond donors (Lipinski definition) is 2. The lowest BCUT2D eigenvalue weighted by atomic mass is 10.5. The number of thiazole rings is 1. The van der Waals surface area contributed by atoms with E-state index in [-0.39, 0.29) is 12.2 Å². The van der Waals surface area contributed by atoms with Crippen molar-refractivity contribution < 1.29 is 17.9 Å². The fourth-order valence-electron chi connectivity index (χ4n) is 1.06. The minimum Gasteiger partial charge on any atom is -0.461 e. The maximum absolute atomic E-state index is 11.3. The highest BCUT2D eigenvalue weighted by molar-refractivity contribution is 7.88. The molecule has 0 unspecified atom stereocenters. The number of nitrogens with zero attached hydrogens (tertiary/aromatic N) is 1. The average Bonchev–Trinajstić information content (AvgIpc) is 2.72. The Kier molecular flexibility index (Phi) is 5.51. The summed E-state index contributed by atoms with van der Waals surface area (Å²) in [6, 6.07) is 0. The summed E-state index contributed by atoms with van der Waals surface area (Å²) >= 11 is 1.26. The van der Waals surface area contributed by atoms with Crippen LogP contribution in [0.1, 0.15) is 17.4 Å². The van der Waals surface area contributed by atoms with Crippen molar-refractivity contribution in [3.8, 4) is 0 Å². The lowest BCUT2D eigenvalue weighted by Gasteiger charge is -2.02. The van der Waals surface area contributed by atoms with Gasteiger partial charge in [-0.25, -0.2) is 22.9 Å². The molecule has 0 radical (unpaired) electrons. The highest BCUT2D eigenvalue weighted by Gasteiger charge is 2.11. The van der Waals surface area contributed by atoms with Crippen LogP contribution >= 0.6 is 11.3 Å². The molecule has 102 valence electrons. The van der Waals surface area contributed by atoms with Gasteiger partial charge in [-0.05, 0) is 6.92 Å². The number of hydrogen-bond acceptors (Lipinski definition) is 7. The molecule has 0 spiro atoms. The molecule has 1 aromatic heterocycles. The van der Waals surface area contributed by atoms with Gasteiger partial charge >= 0.3 is 5.97 Å². The molecule has 0 aromatic carbocycles. The first kappa shape index (κ1) is 14.9. The van der Waals surface area contributed by atoms with Gasteiger partial charge in [0.25, 0.3) is 0 Å². The van der Waals surface area contributed by atoms with Crippen molar-refractivity contribution in [3.63, 3.8) is 0 Å². The molecule has 18 heavy (non-hydrogen) atoms. The Bertz CT molecular complexity index is 498. The monoisotopic (exact) mass is 293 g/mol. The van der Waals surface area contributed by atoms with E-state index >= 15 is 0 Å². The van der Waals surface area contributed by atoms with E-state index in [1.807, 2.05) is 0 Å². The highest BCUT2D eigenvalue weighted by Crippen LogP contribution is 2.15. The molecular weight excluding hydrogens is 278 g/mol. The van der Waals surface area contributed by atoms with E-state index in [0.29, 0.717) is 18.3 Å². The van der Waals surface area contributed by atoms with Crippen molar-refractivity contribution in [1.82, 2.24) is 9.71 Å². The first-order valence-corrected chi connectivity index (χ1v) is 8.00. The van der Waals surface area contributed by atoms with Gasteiger partial charge in [-0.1, -0.05) is 0 Å². The van der Waals surface area contributed by atoms with Crippen molar-refractivity contribution in [3.05, 3.63) is 11.1 Å². The molecule has 0 amide bonds. The maximum Gasteiger partial charge on any atom is 0.357 e. The number of esters is 1. The molecule has 0 atom stereocenters. The van der Waals surface area contributed by atoms with Crippen LogP contribution in [0, 0.1) is 0 Å². The zero-order valence-electron chi connectivity index (χ0n) is 10.1. The van der Waals surface area contributed by atoms with Crippen molar-refractivity contribution in [1.29, 1.82) is 0 Å². The van der Waals surface area contributed by atoms with E-state index in [1.165, 1.54) is 11.3 Å². The third-order valence-corrected chi connectivity index (χ3v) is 3.28. The minimum atomic E-state index is -3.18. The Morgan fingerprint density at radius 3 is 2.83 bits per heavy atom. The Balaban J connectivity index is 2.38. The van der Waals surface area contributed by atoms with E-state index in [4.69, 9.17) is 4.74 Å². The SMILES string of the molecule is CCOC(=O)c1csc(NCCNS(C)(=O)=O)n1. The Morgan fingerprint density at radius 1 is 1.50 bits per heavy atom. The van der Waals surface area contributed by atoms with Crippen molar-refractivity contribution >= 4 is 32.5 Å². The second kappa shape index (κ2) is 6.66. The van der Waals surface area contributed by atoms with Gasteiger partial charge < -0.3 is 10.1 Å². The Morgan fingerprint density at radius 2 is 2.22 bits per heavy atom. The summed E-state index contributed by atoms with van der Waals surface area (Å²) < 4.78 is 28.7. The molecule has 9 heteroatoms. The molecule has 1 heterocycles. The molecule has 0 bridgehead atoms. The first-order chi connectivity index (χ1) is 8.42. The second-order valence-corrected chi connectivity index (χ2v) is 6.04. The summed E-state index contributed by atoms with van der Waals surface area (Å²) in [5.74, 6) is -0.462. The average molecular weight is 293 g/mol. The highest BCUT2D eigenvalue weighted by atomic mass is 32.2. The molecule has 0 fully saturated rings. The predicted octanol–water partition coefficient (Wildman–Crippen LogP) is 0.281. The zero-order chi connectivity index (χ0) is 13.6. The van der Waals surface area contributed by atoms with Crippen LogP contribution in [0.3, 0.4) is 0 Å². The van der Waals surface area contributed by atoms with Crippen LogP contribution in [0.2, 0.25) is 0 Å². The molecule has 0 aliphatic carbocycles. The maximum atomic E-state index is 11.3. The van der Waals surface area contributed by atoms with Gasteiger partial charge in [-0.2, -0.15) is 0 Å². The summed E-state index contributed by atoms with van der Waals surface area (Å²) in [5, 5.41) is 5.04. The van der Waals surface area contributed by atoms with Gasteiger partial charge in [0.15, 0.2) is 10.8 Å². The topological polar surface area (TPSA) is 97.4 Å². The van der Waals surface area contributed by atoms with Gasteiger partial charge in [0.1, 0.15) is 0 Å². The van der Waals surface area contributed by atoms with Gasteiger partial charge in [0.05, 0.1) is 12.9 Å². The summed E-state index contributed by atoms with van der Waals surface area (Å²) in [6.07, 6.45) is 1.09. The number of rotatable bonds is 7. The van der Waals surface area contributed by atoms with Crippen LogP contribution in [0.4, 0.5) is 5.13 Å². The lowest BCUT2D eigenvalue weighted by molar-refractivity contribution is 0.0520. The fourth-order valence-corrected chi connectivity index (χ4v) is 2.24. The second-order valence-electron chi connectivity index (χ2n) is 3.35. The number of nitrogens with one attached hydrogen (secondary N) is 2. The summed E-state index contributed by atoms with van der Waals surface area (Å²) in [6.45, 7) is 2.67. The van der Waals surface area contributed by atoms with Gasteiger partial charge in [0, 0.05) is 18.5 Å². The summed E-state index contributed by atoms with van der Waals surface area (Å²) in [7, 11) is -3.18. The molecule has 7 nitrogen and oxygen atoms in total.